The maximum absolute atomic E-state index is 5.07. The van der Waals surface area contributed by atoms with E-state index in [-0.39, 0.29) is 0 Å². The summed E-state index contributed by atoms with van der Waals surface area (Å²) in [5, 5.41) is 3.35. The lowest BCUT2D eigenvalue weighted by Gasteiger charge is -2.30. The van der Waals surface area contributed by atoms with Gasteiger partial charge in [0.05, 0.1) is 12.3 Å². The summed E-state index contributed by atoms with van der Waals surface area (Å²) in [6.07, 6.45) is 4.77. The van der Waals surface area contributed by atoms with Crippen molar-refractivity contribution in [3.05, 3.63) is 11.9 Å². The molecule has 5 nitrogen and oxygen atoms in total. The molecule has 0 saturated carbocycles. The lowest BCUT2D eigenvalue weighted by molar-refractivity contribution is 0.194. The Kier molecular flexibility index (Phi) is 5.22. The number of aromatic nitrogens is 2. The van der Waals surface area contributed by atoms with Crippen molar-refractivity contribution in [1.82, 2.24) is 14.5 Å². The smallest absolute Gasteiger partial charge is 0.203 e. The number of aryl methyl sites for hydroxylation is 1. The number of imidazole rings is 1. The minimum atomic E-state index is 0.706. The molecule has 1 N–H and O–H groups in total. The molecule has 1 saturated heterocycles. The lowest BCUT2D eigenvalue weighted by Crippen LogP contribution is -2.34. The summed E-state index contributed by atoms with van der Waals surface area (Å²) in [7, 11) is 3.93. The van der Waals surface area contributed by atoms with Gasteiger partial charge in [0.1, 0.15) is 0 Å². The fraction of sp³-hybridized carbons (Fsp3) is 0.786. The van der Waals surface area contributed by atoms with Crippen LogP contribution in [0.3, 0.4) is 0 Å². The first-order valence-corrected chi connectivity index (χ1v) is 7.14. The van der Waals surface area contributed by atoms with Gasteiger partial charge in [0.15, 0.2) is 0 Å². The number of hydrogen-bond donors (Lipinski definition) is 1. The summed E-state index contributed by atoms with van der Waals surface area (Å²) in [5.74, 6) is 1.71. The van der Waals surface area contributed by atoms with E-state index in [0.717, 1.165) is 30.6 Å². The van der Waals surface area contributed by atoms with Gasteiger partial charge in [0.2, 0.25) is 5.95 Å². The Balaban J connectivity index is 1.94. The molecule has 1 aromatic rings. The molecule has 5 heteroatoms. The van der Waals surface area contributed by atoms with Gasteiger partial charge in [-0.05, 0) is 39.3 Å². The largest absolute Gasteiger partial charge is 0.383 e. The number of nitrogens with one attached hydrogen (secondary N) is 1. The molecule has 1 atom stereocenters. The van der Waals surface area contributed by atoms with Crippen LogP contribution in [0.4, 0.5) is 5.95 Å². The van der Waals surface area contributed by atoms with Gasteiger partial charge in [-0.1, -0.05) is 0 Å². The van der Waals surface area contributed by atoms with Crippen LogP contribution in [0.15, 0.2) is 6.20 Å². The molecule has 0 aromatic carbocycles. The van der Waals surface area contributed by atoms with Gasteiger partial charge in [-0.3, -0.25) is 0 Å². The summed E-state index contributed by atoms with van der Waals surface area (Å²) < 4.78 is 7.33. The normalized spacial score (nSPS) is 20.7. The van der Waals surface area contributed by atoms with Crippen molar-refractivity contribution < 1.29 is 4.74 Å². The van der Waals surface area contributed by atoms with Crippen molar-refractivity contribution in [2.45, 2.75) is 26.3 Å². The molecule has 2 rings (SSSR count). The summed E-state index contributed by atoms with van der Waals surface area (Å²) in [5.41, 5.74) is 1.07. The highest BCUT2D eigenvalue weighted by molar-refractivity contribution is 5.28. The highest BCUT2D eigenvalue weighted by Gasteiger charge is 2.18. The number of ether oxygens (including phenoxy) is 1. The first-order chi connectivity index (χ1) is 9.19. The number of nitrogens with zero attached hydrogens (tertiary/aromatic N) is 3. The van der Waals surface area contributed by atoms with Crippen molar-refractivity contribution in [3.8, 4) is 0 Å². The molecule has 1 unspecified atom stereocenters. The highest BCUT2D eigenvalue weighted by Crippen LogP contribution is 2.19. The number of methoxy groups -OCH3 is 1. The van der Waals surface area contributed by atoms with Crippen LogP contribution < -0.4 is 5.32 Å². The van der Waals surface area contributed by atoms with E-state index in [2.05, 4.69) is 33.0 Å². The average Bonchev–Trinajstić information content (AvgIpc) is 2.70. The van der Waals surface area contributed by atoms with Crippen LogP contribution in [0, 0.1) is 12.8 Å². The second kappa shape index (κ2) is 6.91. The summed E-state index contributed by atoms with van der Waals surface area (Å²) >= 11 is 0. The van der Waals surface area contributed by atoms with E-state index in [1.54, 1.807) is 7.11 Å². The number of anilines is 1. The molecule has 1 fully saturated rings. The molecular weight excluding hydrogens is 240 g/mol. The van der Waals surface area contributed by atoms with Crippen LogP contribution in [-0.2, 0) is 11.3 Å². The third kappa shape index (κ3) is 4.21. The average molecular weight is 266 g/mol. The van der Waals surface area contributed by atoms with Crippen LogP contribution in [0.1, 0.15) is 18.5 Å². The Morgan fingerprint density at radius 3 is 3.11 bits per heavy atom. The SMILES string of the molecule is COCCNc1nc(C)cn1CC1CCCN(C)C1. The van der Waals surface area contributed by atoms with E-state index in [4.69, 9.17) is 4.74 Å². The van der Waals surface area contributed by atoms with Crippen molar-refractivity contribution in [2.75, 3.05) is 45.7 Å². The molecule has 1 aliphatic rings. The van der Waals surface area contributed by atoms with Crippen molar-refractivity contribution in [3.63, 3.8) is 0 Å². The summed E-state index contributed by atoms with van der Waals surface area (Å²) in [6.45, 7) is 7.04. The summed E-state index contributed by atoms with van der Waals surface area (Å²) in [4.78, 5) is 6.98. The molecule has 1 aromatic heterocycles. The summed E-state index contributed by atoms with van der Waals surface area (Å²) in [6, 6.07) is 0. The zero-order chi connectivity index (χ0) is 13.7. The first-order valence-electron chi connectivity index (χ1n) is 7.14. The highest BCUT2D eigenvalue weighted by atomic mass is 16.5. The molecule has 2 heterocycles. The van der Waals surface area contributed by atoms with E-state index in [1.165, 1.54) is 25.9 Å². The maximum Gasteiger partial charge on any atom is 0.203 e. The predicted octanol–water partition coefficient (Wildman–Crippen LogP) is 1.59. The minimum absolute atomic E-state index is 0.706. The van der Waals surface area contributed by atoms with Crippen molar-refractivity contribution >= 4 is 5.95 Å². The lowest BCUT2D eigenvalue weighted by atomic mass is 9.98. The topological polar surface area (TPSA) is 42.3 Å². The van der Waals surface area contributed by atoms with Crippen LogP contribution in [-0.4, -0.2) is 54.8 Å². The van der Waals surface area contributed by atoms with E-state index in [1.807, 2.05) is 6.92 Å². The standard InChI is InChI=1S/C14H26N4O/c1-12-9-18(14(16-12)15-6-8-19-3)11-13-5-4-7-17(2)10-13/h9,13H,4-8,10-11H2,1-3H3,(H,15,16). The molecule has 19 heavy (non-hydrogen) atoms. The van der Waals surface area contributed by atoms with Crippen LogP contribution >= 0.6 is 0 Å². The van der Waals surface area contributed by atoms with Gasteiger partial charge < -0.3 is 19.5 Å². The van der Waals surface area contributed by atoms with E-state index < -0.39 is 0 Å². The molecule has 0 bridgehead atoms. The Hall–Kier alpha value is -1.07. The molecule has 1 aliphatic heterocycles. The molecule has 108 valence electrons. The minimum Gasteiger partial charge on any atom is -0.383 e. The zero-order valence-corrected chi connectivity index (χ0v) is 12.4. The van der Waals surface area contributed by atoms with E-state index in [9.17, 15) is 0 Å². The van der Waals surface area contributed by atoms with Crippen LogP contribution in [0.5, 0.6) is 0 Å². The molecule has 0 amide bonds. The second-order valence-electron chi connectivity index (χ2n) is 5.55. The molecule has 0 aliphatic carbocycles. The Bertz CT molecular complexity index is 391. The molecule has 0 spiro atoms. The van der Waals surface area contributed by atoms with Crippen molar-refractivity contribution in [2.24, 2.45) is 5.92 Å². The number of hydrogen-bond acceptors (Lipinski definition) is 4. The predicted molar refractivity (Wildman–Crippen MR) is 77.6 cm³/mol. The Morgan fingerprint density at radius 2 is 2.37 bits per heavy atom. The Morgan fingerprint density at radius 1 is 1.53 bits per heavy atom. The van der Waals surface area contributed by atoms with Crippen LogP contribution in [0.25, 0.3) is 0 Å². The number of rotatable bonds is 6. The first kappa shape index (κ1) is 14.3. The number of piperidine rings is 1. The fourth-order valence-electron chi connectivity index (χ4n) is 2.79. The monoisotopic (exact) mass is 266 g/mol. The maximum atomic E-state index is 5.07. The van der Waals surface area contributed by atoms with Crippen molar-refractivity contribution in [1.29, 1.82) is 0 Å². The zero-order valence-electron chi connectivity index (χ0n) is 12.4. The molecule has 0 radical (unpaired) electrons. The van der Waals surface area contributed by atoms with Gasteiger partial charge in [-0.2, -0.15) is 0 Å². The fourth-order valence-corrected chi connectivity index (χ4v) is 2.79. The van der Waals surface area contributed by atoms with E-state index >= 15 is 0 Å². The molecular formula is C14H26N4O. The Labute approximate surface area is 116 Å². The van der Waals surface area contributed by atoms with Gasteiger partial charge in [-0.25, -0.2) is 4.98 Å². The van der Waals surface area contributed by atoms with Gasteiger partial charge in [0, 0.05) is 32.9 Å². The third-order valence-corrected chi connectivity index (χ3v) is 3.66. The third-order valence-electron chi connectivity index (χ3n) is 3.66. The van der Waals surface area contributed by atoms with E-state index in [0.29, 0.717) is 6.61 Å². The van der Waals surface area contributed by atoms with Gasteiger partial charge in [0.25, 0.3) is 0 Å². The second-order valence-corrected chi connectivity index (χ2v) is 5.55. The van der Waals surface area contributed by atoms with Crippen LogP contribution in [0.2, 0.25) is 0 Å². The quantitative estimate of drug-likeness (QED) is 0.794. The van der Waals surface area contributed by atoms with Gasteiger partial charge >= 0.3 is 0 Å². The number of likely N-dealkylation sites (tertiary alicyclic amines) is 1. The van der Waals surface area contributed by atoms with Gasteiger partial charge in [-0.15, -0.1) is 0 Å².